The van der Waals surface area contributed by atoms with Crippen LogP contribution in [0.2, 0.25) is 0 Å². The normalized spacial score (nSPS) is 19.2. The predicted octanol–water partition coefficient (Wildman–Crippen LogP) is 5.49. The van der Waals surface area contributed by atoms with Crippen LogP contribution < -0.4 is 10.6 Å². The highest BCUT2D eigenvalue weighted by atomic mass is 32.2. The maximum Gasteiger partial charge on any atom is 0.407 e. The molecule has 0 bridgehead atoms. The minimum Gasteiger partial charge on any atom is -0.453 e. The van der Waals surface area contributed by atoms with Gasteiger partial charge >= 0.3 is 6.09 Å². The molecule has 12 nitrogen and oxygen atoms in total. The van der Waals surface area contributed by atoms with Gasteiger partial charge in [0.2, 0.25) is 5.91 Å². The second-order valence-electron chi connectivity index (χ2n) is 14.4. The standard InChI is InChI=1S/C40H48N6O6S/c1-27(2)36(44-39(49)52-4)37(48)46-19-5-18-40(46,3)38-42-24-34(43-38)31-12-8-29(9-13-31)30-10-14-32(15-11-30)35(47)25-41-33-16-6-28(7-17-33)26-45-20-22-53(50,51)23-21-45/h6-17,24,27,36,41H,5,18-23,25-26H2,1-4H3,(H,42,43)(H,44,49). The summed E-state index contributed by atoms with van der Waals surface area (Å²) in [5.41, 5.74) is 5.70. The van der Waals surface area contributed by atoms with Gasteiger partial charge in [0.05, 0.1) is 42.6 Å². The molecule has 0 radical (unpaired) electrons. The average Bonchev–Trinajstić information content (AvgIpc) is 3.82. The van der Waals surface area contributed by atoms with Gasteiger partial charge in [0.25, 0.3) is 0 Å². The number of nitrogens with zero attached hydrogens (tertiary/aromatic N) is 3. The average molecular weight is 741 g/mol. The fraction of sp³-hybridized carbons (Fsp3) is 0.400. The zero-order valence-corrected chi connectivity index (χ0v) is 31.5. The highest BCUT2D eigenvalue weighted by Gasteiger charge is 2.46. The number of alkyl carbamates (subject to hydrolysis) is 1. The molecule has 6 rings (SSSR count). The number of nitrogens with one attached hydrogen (secondary N) is 3. The Bertz CT molecular complexity index is 2010. The maximum absolute atomic E-state index is 13.7. The number of aromatic nitrogens is 2. The molecular weight excluding hydrogens is 693 g/mol. The zero-order valence-electron chi connectivity index (χ0n) is 30.7. The van der Waals surface area contributed by atoms with Gasteiger partial charge in [-0.05, 0) is 60.1 Å². The molecule has 2 fully saturated rings. The van der Waals surface area contributed by atoms with E-state index in [-0.39, 0.29) is 35.7 Å². The lowest BCUT2D eigenvalue weighted by atomic mass is 9.95. The fourth-order valence-electron chi connectivity index (χ4n) is 7.04. The van der Waals surface area contributed by atoms with Crippen LogP contribution >= 0.6 is 0 Å². The SMILES string of the molecule is COC(=O)NC(C(=O)N1CCCC1(C)c1ncc(-c2ccc(-c3ccc(C(=O)CNc4ccc(CN5CCS(=O)(=O)CC5)cc4)cc3)cc2)[nH]1)C(C)C. The Labute approximate surface area is 311 Å². The zero-order chi connectivity index (χ0) is 37.8. The number of hydrogen-bond acceptors (Lipinski definition) is 9. The summed E-state index contributed by atoms with van der Waals surface area (Å²) in [6.07, 6.45) is 2.72. The van der Waals surface area contributed by atoms with Crippen molar-refractivity contribution in [1.29, 1.82) is 0 Å². The molecule has 2 aliphatic heterocycles. The quantitative estimate of drug-likeness (QED) is 0.160. The first-order chi connectivity index (χ1) is 25.3. The monoisotopic (exact) mass is 740 g/mol. The summed E-state index contributed by atoms with van der Waals surface area (Å²) in [5.74, 6) is 0.821. The van der Waals surface area contributed by atoms with Crippen LogP contribution in [0.25, 0.3) is 22.4 Å². The van der Waals surface area contributed by atoms with Crippen LogP contribution in [0.3, 0.4) is 0 Å². The molecule has 280 valence electrons. The van der Waals surface area contributed by atoms with E-state index in [1.54, 1.807) is 6.20 Å². The summed E-state index contributed by atoms with van der Waals surface area (Å²) in [7, 11) is -1.61. The van der Waals surface area contributed by atoms with E-state index in [2.05, 4.69) is 20.5 Å². The van der Waals surface area contributed by atoms with Gasteiger partial charge in [-0.2, -0.15) is 0 Å². The van der Waals surface area contributed by atoms with E-state index >= 15 is 0 Å². The number of Topliss-reactive ketones (excluding diaryl/α,β-unsaturated/α-hetero) is 1. The van der Waals surface area contributed by atoms with Crippen molar-refractivity contribution in [3.63, 3.8) is 0 Å². The smallest absolute Gasteiger partial charge is 0.407 e. The number of imidazole rings is 1. The number of amides is 2. The molecule has 2 atom stereocenters. The molecule has 2 aliphatic rings. The number of hydrogen-bond donors (Lipinski definition) is 3. The first kappa shape index (κ1) is 37.7. The number of H-pyrrole nitrogens is 1. The van der Waals surface area contributed by atoms with Gasteiger partial charge in [-0.3, -0.25) is 14.5 Å². The number of ketones is 1. The van der Waals surface area contributed by atoms with Crippen LogP contribution in [-0.2, 0) is 31.5 Å². The lowest BCUT2D eigenvalue weighted by Crippen LogP contribution is -2.55. The molecule has 2 unspecified atom stereocenters. The van der Waals surface area contributed by atoms with Crippen molar-refractivity contribution in [1.82, 2.24) is 25.1 Å². The molecule has 0 spiro atoms. The molecular formula is C40H48N6O6S. The van der Waals surface area contributed by atoms with E-state index in [0.29, 0.717) is 37.6 Å². The highest BCUT2D eigenvalue weighted by molar-refractivity contribution is 7.91. The summed E-state index contributed by atoms with van der Waals surface area (Å²) >= 11 is 0. The fourth-order valence-corrected chi connectivity index (χ4v) is 8.32. The Hall–Kier alpha value is -5.01. The number of anilines is 1. The largest absolute Gasteiger partial charge is 0.453 e. The van der Waals surface area contributed by atoms with E-state index in [1.807, 2.05) is 98.5 Å². The van der Waals surface area contributed by atoms with Crippen molar-refractivity contribution >= 4 is 33.3 Å². The summed E-state index contributed by atoms with van der Waals surface area (Å²) in [6.45, 7) is 8.35. The summed E-state index contributed by atoms with van der Waals surface area (Å²) in [5, 5.41) is 5.91. The number of ether oxygens (including phenoxy) is 1. The number of aromatic amines is 1. The second-order valence-corrected chi connectivity index (χ2v) is 16.7. The van der Waals surface area contributed by atoms with E-state index in [1.165, 1.54) is 7.11 Å². The van der Waals surface area contributed by atoms with Crippen LogP contribution in [0.15, 0.2) is 79.0 Å². The van der Waals surface area contributed by atoms with Gasteiger partial charge in [0.1, 0.15) is 11.9 Å². The third kappa shape index (κ3) is 8.80. The van der Waals surface area contributed by atoms with Crippen LogP contribution in [-0.4, -0.2) is 96.8 Å². The van der Waals surface area contributed by atoms with Gasteiger partial charge in [-0.25, -0.2) is 18.2 Å². The van der Waals surface area contributed by atoms with Gasteiger partial charge in [-0.15, -0.1) is 0 Å². The Balaban J connectivity index is 1.04. The van der Waals surface area contributed by atoms with Crippen LogP contribution in [0.1, 0.15) is 55.4 Å². The summed E-state index contributed by atoms with van der Waals surface area (Å²) in [4.78, 5) is 50.8. The number of carbonyl (C=O) groups excluding carboxylic acids is 3. The summed E-state index contributed by atoms with van der Waals surface area (Å²) in [6, 6.07) is 22.9. The molecule has 0 saturated carbocycles. The number of methoxy groups -OCH3 is 1. The van der Waals surface area contributed by atoms with E-state index in [0.717, 1.165) is 46.5 Å². The van der Waals surface area contributed by atoms with Crippen molar-refractivity contribution in [2.75, 3.05) is 50.1 Å². The van der Waals surface area contributed by atoms with E-state index < -0.39 is 27.5 Å². The van der Waals surface area contributed by atoms with Crippen LogP contribution in [0.5, 0.6) is 0 Å². The maximum atomic E-state index is 13.7. The topological polar surface area (TPSA) is 154 Å². The Morgan fingerprint density at radius 1 is 0.906 bits per heavy atom. The summed E-state index contributed by atoms with van der Waals surface area (Å²) < 4.78 is 28.1. The molecule has 1 aromatic heterocycles. The molecule has 0 aliphatic carbocycles. The molecule has 4 aromatic rings. The van der Waals surface area contributed by atoms with E-state index in [4.69, 9.17) is 9.72 Å². The first-order valence-electron chi connectivity index (χ1n) is 18.1. The molecule has 3 N–H and O–H groups in total. The Morgan fingerprint density at radius 3 is 2.15 bits per heavy atom. The number of likely N-dealkylation sites (tertiary alicyclic amines) is 1. The molecule has 13 heteroatoms. The Morgan fingerprint density at radius 2 is 1.53 bits per heavy atom. The minimum absolute atomic E-state index is 0.0174. The van der Waals surface area contributed by atoms with Crippen LogP contribution in [0, 0.1) is 5.92 Å². The first-order valence-corrected chi connectivity index (χ1v) is 19.9. The Kier molecular flexibility index (Phi) is 11.3. The molecule has 53 heavy (non-hydrogen) atoms. The van der Waals surface area contributed by atoms with Gasteiger partial charge in [0.15, 0.2) is 15.6 Å². The van der Waals surface area contributed by atoms with Crippen molar-refractivity contribution in [2.45, 2.75) is 51.7 Å². The van der Waals surface area contributed by atoms with Crippen molar-refractivity contribution in [3.8, 4) is 22.4 Å². The molecule has 3 heterocycles. The molecule has 2 saturated heterocycles. The van der Waals surface area contributed by atoms with Gasteiger partial charge in [0, 0.05) is 37.4 Å². The number of sulfone groups is 1. The predicted molar refractivity (Wildman–Crippen MR) is 205 cm³/mol. The third-order valence-electron chi connectivity index (χ3n) is 10.4. The lowest BCUT2D eigenvalue weighted by Gasteiger charge is -2.37. The molecule has 2 amide bonds. The minimum atomic E-state index is -2.90. The van der Waals surface area contributed by atoms with Crippen molar-refractivity contribution in [3.05, 3.63) is 95.9 Å². The van der Waals surface area contributed by atoms with Crippen molar-refractivity contribution < 1.29 is 27.5 Å². The number of carbonyl (C=O) groups is 3. The number of benzene rings is 3. The van der Waals surface area contributed by atoms with Gasteiger partial charge < -0.3 is 25.3 Å². The van der Waals surface area contributed by atoms with Crippen molar-refractivity contribution in [2.24, 2.45) is 5.92 Å². The van der Waals surface area contributed by atoms with Crippen LogP contribution in [0.4, 0.5) is 10.5 Å². The molecule has 3 aromatic carbocycles. The van der Waals surface area contributed by atoms with Gasteiger partial charge in [-0.1, -0.05) is 74.5 Å². The van der Waals surface area contributed by atoms with E-state index in [9.17, 15) is 22.8 Å². The third-order valence-corrected chi connectivity index (χ3v) is 12.0. The number of rotatable bonds is 12. The highest BCUT2D eigenvalue weighted by Crippen LogP contribution is 2.39. The lowest BCUT2D eigenvalue weighted by molar-refractivity contribution is -0.138. The second kappa shape index (κ2) is 15.9.